The summed E-state index contributed by atoms with van der Waals surface area (Å²) in [6, 6.07) is 1.57. The highest BCUT2D eigenvalue weighted by molar-refractivity contribution is 6.00. The van der Waals surface area contributed by atoms with Crippen LogP contribution in [0.3, 0.4) is 0 Å². The van der Waals surface area contributed by atoms with Gasteiger partial charge < -0.3 is 20.7 Å². The summed E-state index contributed by atoms with van der Waals surface area (Å²) in [6.07, 6.45) is 0.791. The van der Waals surface area contributed by atoms with E-state index in [0.717, 1.165) is 0 Å². The minimum atomic E-state index is -1.12. The van der Waals surface area contributed by atoms with Gasteiger partial charge in [0.1, 0.15) is 5.69 Å². The third-order valence-electron chi connectivity index (χ3n) is 3.06. The fourth-order valence-corrected chi connectivity index (χ4v) is 2.05. The summed E-state index contributed by atoms with van der Waals surface area (Å²) < 4.78 is 0. The molecule has 2 heterocycles. The van der Waals surface area contributed by atoms with E-state index >= 15 is 0 Å². The number of H-pyrrole nitrogens is 1. The number of nitrogens with one attached hydrogen (secondary N) is 3. The molecule has 1 aromatic heterocycles. The van der Waals surface area contributed by atoms with E-state index in [1.807, 2.05) is 0 Å². The zero-order valence-corrected chi connectivity index (χ0v) is 10.4. The first-order chi connectivity index (χ1) is 8.97. The summed E-state index contributed by atoms with van der Waals surface area (Å²) in [5.41, 5.74) is 0.877. The Morgan fingerprint density at radius 2 is 2.21 bits per heavy atom. The number of rotatable bonds is 3. The van der Waals surface area contributed by atoms with E-state index in [0.29, 0.717) is 18.5 Å². The number of aromatic amines is 1. The molecule has 1 saturated heterocycles. The molecule has 0 bridgehead atoms. The molecule has 0 spiro atoms. The minimum absolute atomic E-state index is 0.0364. The molecule has 7 nitrogen and oxygen atoms in total. The van der Waals surface area contributed by atoms with Crippen molar-refractivity contribution in [1.29, 1.82) is 0 Å². The molecule has 0 aliphatic carbocycles. The van der Waals surface area contributed by atoms with Crippen LogP contribution in [-0.2, 0) is 9.59 Å². The van der Waals surface area contributed by atoms with Gasteiger partial charge in [0.25, 0.3) is 0 Å². The van der Waals surface area contributed by atoms with E-state index < -0.39 is 5.97 Å². The van der Waals surface area contributed by atoms with Crippen molar-refractivity contribution in [2.24, 2.45) is 5.92 Å². The largest absolute Gasteiger partial charge is 0.477 e. The van der Waals surface area contributed by atoms with Gasteiger partial charge in [0.15, 0.2) is 0 Å². The zero-order valence-electron chi connectivity index (χ0n) is 10.4. The van der Waals surface area contributed by atoms with Crippen molar-refractivity contribution < 1.29 is 19.5 Å². The lowest BCUT2D eigenvalue weighted by Crippen LogP contribution is -2.40. The molecular weight excluding hydrogens is 250 g/mol. The highest BCUT2D eigenvalue weighted by Gasteiger charge is 2.26. The molecule has 1 aliphatic heterocycles. The van der Waals surface area contributed by atoms with Crippen molar-refractivity contribution in [3.8, 4) is 0 Å². The Kier molecular flexibility index (Phi) is 3.55. The van der Waals surface area contributed by atoms with E-state index in [9.17, 15) is 14.4 Å². The number of carboxylic acid groups (broad SMARTS) is 1. The number of hydrogen-bond acceptors (Lipinski definition) is 3. The molecule has 2 rings (SSSR count). The summed E-state index contributed by atoms with van der Waals surface area (Å²) in [5.74, 6) is -1.79. The maximum Gasteiger partial charge on any atom is 0.354 e. The molecule has 0 radical (unpaired) electrons. The normalized spacial score (nSPS) is 18.8. The second-order valence-corrected chi connectivity index (χ2v) is 4.58. The number of aryl methyl sites for hydroxylation is 1. The smallest absolute Gasteiger partial charge is 0.354 e. The van der Waals surface area contributed by atoms with Crippen LogP contribution in [0, 0.1) is 12.8 Å². The molecule has 1 aromatic rings. The van der Waals surface area contributed by atoms with Crippen LogP contribution in [0.15, 0.2) is 6.07 Å². The lowest BCUT2D eigenvalue weighted by molar-refractivity contribution is -0.126. The summed E-state index contributed by atoms with van der Waals surface area (Å²) in [5, 5.41) is 14.2. The lowest BCUT2D eigenvalue weighted by atomic mass is 9.98. The van der Waals surface area contributed by atoms with Gasteiger partial charge in [0.2, 0.25) is 11.8 Å². The monoisotopic (exact) mass is 265 g/mol. The van der Waals surface area contributed by atoms with E-state index in [-0.39, 0.29) is 35.7 Å². The van der Waals surface area contributed by atoms with E-state index in [4.69, 9.17) is 5.11 Å². The van der Waals surface area contributed by atoms with Gasteiger partial charge in [-0.05, 0) is 19.4 Å². The quantitative estimate of drug-likeness (QED) is 0.637. The predicted octanol–water partition coefficient (Wildman–Crippen LogP) is 0.486. The number of carboxylic acids is 1. The number of hydrogen-bond donors (Lipinski definition) is 4. The van der Waals surface area contributed by atoms with Gasteiger partial charge in [0.05, 0.1) is 11.6 Å². The maximum absolute atomic E-state index is 12.0. The lowest BCUT2D eigenvalue weighted by Gasteiger charge is -2.21. The number of anilines is 1. The van der Waals surface area contributed by atoms with E-state index in [1.54, 1.807) is 13.0 Å². The van der Waals surface area contributed by atoms with Gasteiger partial charge >= 0.3 is 5.97 Å². The van der Waals surface area contributed by atoms with Gasteiger partial charge in [-0.1, -0.05) is 0 Å². The van der Waals surface area contributed by atoms with Crippen LogP contribution < -0.4 is 10.6 Å². The SMILES string of the molecule is Cc1cc(NC(=O)C2CCC(=O)NC2)c(C(=O)O)[nH]1. The Hall–Kier alpha value is -2.31. The number of piperidine rings is 1. The summed E-state index contributed by atoms with van der Waals surface area (Å²) in [4.78, 5) is 36.7. The molecule has 19 heavy (non-hydrogen) atoms. The second kappa shape index (κ2) is 5.13. The number of carbonyl (C=O) groups is 3. The molecule has 1 unspecified atom stereocenters. The first-order valence-corrected chi connectivity index (χ1v) is 5.98. The highest BCUT2D eigenvalue weighted by atomic mass is 16.4. The van der Waals surface area contributed by atoms with E-state index in [1.165, 1.54) is 0 Å². The molecule has 1 atom stereocenters. The number of carbonyl (C=O) groups excluding carboxylic acids is 2. The Balaban J connectivity index is 2.06. The first-order valence-electron chi connectivity index (χ1n) is 5.98. The standard InChI is InChI=1S/C12H15N3O4/c1-6-4-8(10(14-6)12(18)19)15-11(17)7-2-3-9(16)13-5-7/h4,7,14H,2-3,5H2,1H3,(H,13,16)(H,15,17)(H,18,19). The first kappa shape index (κ1) is 13.1. The number of aromatic nitrogens is 1. The van der Waals surface area contributed by atoms with Crippen LogP contribution in [-0.4, -0.2) is 34.4 Å². The van der Waals surface area contributed by atoms with Crippen LogP contribution in [0.2, 0.25) is 0 Å². The molecule has 1 fully saturated rings. The predicted molar refractivity (Wildman–Crippen MR) is 66.9 cm³/mol. The van der Waals surface area contributed by atoms with Gasteiger partial charge in [-0.3, -0.25) is 9.59 Å². The fourth-order valence-electron chi connectivity index (χ4n) is 2.05. The van der Waals surface area contributed by atoms with Gasteiger partial charge in [-0.15, -0.1) is 0 Å². The Morgan fingerprint density at radius 3 is 2.79 bits per heavy atom. The van der Waals surface area contributed by atoms with Gasteiger partial charge in [0, 0.05) is 18.7 Å². The number of amides is 2. The molecule has 0 saturated carbocycles. The number of aromatic carboxylic acids is 1. The molecule has 1 aliphatic rings. The minimum Gasteiger partial charge on any atom is -0.477 e. The van der Waals surface area contributed by atoms with Crippen LogP contribution in [0.25, 0.3) is 0 Å². The fraction of sp³-hybridized carbons (Fsp3) is 0.417. The van der Waals surface area contributed by atoms with Crippen LogP contribution >= 0.6 is 0 Å². The van der Waals surface area contributed by atoms with Crippen LogP contribution in [0.4, 0.5) is 5.69 Å². The van der Waals surface area contributed by atoms with Crippen molar-refractivity contribution in [3.05, 3.63) is 17.5 Å². The highest BCUT2D eigenvalue weighted by Crippen LogP contribution is 2.19. The molecule has 7 heteroatoms. The van der Waals surface area contributed by atoms with Crippen molar-refractivity contribution >= 4 is 23.5 Å². The molecule has 0 aromatic carbocycles. The van der Waals surface area contributed by atoms with E-state index in [2.05, 4.69) is 15.6 Å². The molecule has 2 amide bonds. The topological polar surface area (TPSA) is 111 Å². The summed E-state index contributed by atoms with van der Waals surface area (Å²) in [7, 11) is 0. The summed E-state index contributed by atoms with van der Waals surface area (Å²) >= 11 is 0. The molecular formula is C12H15N3O4. The van der Waals surface area contributed by atoms with Crippen molar-refractivity contribution in [2.45, 2.75) is 19.8 Å². The average Bonchev–Trinajstić information content (AvgIpc) is 2.71. The molecule has 102 valence electrons. The van der Waals surface area contributed by atoms with Crippen molar-refractivity contribution in [2.75, 3.05) is 11.9 Å². The van der Waals surface area contributed by atoms with Crippen LogP contribution in [0.1, 0.15) is 29.0 Å². The third kappa shape index (κ3) is 2.93. The van der Waals surface area contributed by atoms with Crippen LogP contribution in [0.5, 0.6) is 0 Å². The Morgan fingerprint density at radius 1 is 1.47 bits per heavy atom. The van der Waals surface area contributed by atoms with Crippen molar-refractivity contribution in [1.82, 2.24) is 10.3 Å². The maximum atomic E-state index is 12.0. The van der Waals surface area contributed by atoms with Gasteiger partial charge in [-0.25, -0.2) is 4.79 Å². The molecule has 4 N–H and O–H groups in total. The summed E-state index contributed by atoms with van der Waals surface area (Å²) in [6.45, 7) is 2.00. The average molecular weight is 265 g/mol. The van der Waals surface area contributed by atoms with Gasteiger partial charge in [-0.2, -0.15) is 0 Å². The zero-order chi connectivity index (χ0) is 14.0. The Labute approximate surface area is 109 Å². The van der Waals surface area contributed by atoms with Crippen molar-refractivity contribution in [3.63, 3.8) is 0 Å². The third-order valence-corrected chi connectivity index (χ3v) is 3.06. The second-order valence-electron chi connectivity index (χ2n) is 4.58. The Bertz CT molecular complexity index is 525.